The molecule has 5 rings (SSSR count). The second-order valence-electron chi connectivity index (χ2n) is 7.60. The first-order valence-electron chi connectivity index (χ1n) is 10.0. The first kappa shape index (κ1) is 20.0. The molecule has 0 atom stereocenters. The van der Waals surface area contributed by atoms with Crippen molar-refractivity contribution in [1.82, 2.24) is 25.5 Å². The van der Waals surface area contributed by atoms with Crippen LogP contribution in [0.3, 0.4) is 0 Å². The highest BCUT2D eigenvalue weighted by Crippen LogP contribution is 2.38. The van der Waals surface area contributed by atoms with Crippen LogP contribution in [0.1, 0.15) is 28.8 Å². The van der Waals surface area contributed by atoms with Gasteiger partial charge in [0.25, 0.3) is 0 Å². The van der Waals surface area contributed by atoms with E-state index >= 15 is 0 Å². The van der Waals surface area contributed by atoms with E-state index in [1.807, 2.05) is 22.8 Å². The lowest BCUT2D eigenvalue weighted by atomic mass is 10.0. The Morgan fingerprint density at radius 1 is 1.19 bits per heavy atom. The zero-order valence-electron chi connectivity index (χ0n) is 16.7. The Morgan fingerprint density at radius 3 is 2.77 bits per heavy atom. The summed E-state index contributed by atoms with van der Waals surface area (Å²) in [4.78, 5) is 26.8. The maximum atomic E-state index is 13.4. The number of nitrogens with zero attached hydrogens (tertiary/aromatic N) is 5. The number of alkyl halides is 3. The van der Waals surface area contributed by atoms with Crippen LogP contribution in [0.5, 0.6) is 0 Å². The van der Waals surface area contributed by atoms with E-state index in [9.17, 15) is 18.0 Å². The van der Waals surface area contributed by atoms with E-state index in [1.165, 1.54) is 0 Å². The number of fused-ring (bicyclic) bond motifs is 2. The summed E-state index contributed by atoms with van der Waals surface area (Å²) in [6.07, 6.45) is -3.28. The fourth-order valence-electron chi connectivity index (χ4n) is 4.02. The largest absolute Gasteiger partial charge is 0.435 e. The van der Waals surface area contributed by atoms with Crippen LogP contribution in [0.15, 0.2) is 6.07 Å². The van der Waals surface area contributed by atoms with Gasteiger partial charge in [-0.1, -0.05) is 6.92 Å². The molecule has 1 amide bonds. The Bertz CT molecular complexity index is 1160. The second-order valence-corrected chi connectivity index (χ2v) is 8.72. The van der Waals surface area contributed by atoms with Crippen molar-refractivity contribution < 1.29 is 18.0 Å². The van der Waals surface area contributed by atoms with Gasteiger partial charge in [0.15, 0.2) is 5.69 Å². The molecule has 0 aromatic carbocycles. The molecular formula is C19H20F3N7OS. The number of halogens is 3. The molecule has 164 valence electrons. The standard InChI is InChI=1S/C19H20F3N7OS/c1-2-10-7-11-16(24-18(25-17(11)31-10)29-6-4-23-14(30)9-29)28-5-3-13-12(8-28)15(27-26-13)19(20,21)22/h7H,2-6,8-9H2,1H3,(H,23,30)(H,26,27). The minimum absolute atomic E-state index is 0.0595. The van der Waals surface area contributed by atoms with Crippen LogP contribution in [-0.4, -0.2) is 52.3 Å². The number of hydrogen-bond donors (Lipinski definition) is 2. The smallest absolute Gasteiger partial charge is 0.353 e. The number of aryl methyl sites for hydroxylation is 1. The first-order valence-corrected chi connectivity index (χ1v) is 10.9. The van der Waals surface area contributed by atoms with Crippen molar-refractivity contribution in [3.63, 3.8) is 0 Å². The molecule has 3 aromatic rings. The number of carbonyl (C=O) groups is 1. The number of hydrogen-bond acceptors (Lipinski definition) is 7. The van der Waals surface area contributed by atoms with Gasteiger partial charge in [-0.25, -0.2) is 4.98 Å². The Labute approximate surface area is 179 Å². The molecule has 2 aliphatic rings. The molecule has 2 N–H and O–H groups in total. The molecular weight excluding hydrogens is 431 g/mol. The van der Waals surface area contributed by atoms with E-state index in [1.54, 1.807) is 11.3 Å². The minimum Gasteiger partial charge on any atom is -0.353 e. The summed E-state index contributed by atoms with van der Waals surface area (Å²) in [6, 6.07) is 2.01. The maximum Gasteiger partial charge on any atom is 0.435 e. The highest BCUT2D eigenvalue weighted by Gasteiger charge is 2.39. The molecule has 0 saturated carbocycles. The molecule has 0 bridgehead atoms. The molecule has 0 radical (unpaired) electrons. The number of rotatable bonds is 3. The number of carbonyl (C=O) groups excluding carboxylic acids is 1. The number of amides is 1. The second kappa shape index (κ2) is 7.36. The van der Waals surface area contributed by atoms with Gasteiger partial charge in [-0.15, -0.1) is 11.3 Å². The van der Waals surface area contributed by atoms with Crippen molar-refractivity contribution in [3.05, 3.63) is 27.9 Å². The van der Waals surface area contributed by atoms with E-state index in [2.05, 4.69) is 20.5 Å². The molecule has 0 spiro atoms. The predicted molar refractivity (Wildman–Crippen MR) is 110 cm³/mol. The molecule has 0 aliphatic carbocycles. The Balaban J connectivity index is 1.58. The number of aromatic amines is 1. The Hall–Kier alpha value is -2.89. The van der Waals surface area contributed by atoms with Gasteiger partial charge in [0.05, 0.1) is 11.9 Å². The first-order chi connectivity index (χ1) is 14.8. The molecule has 1 fully saturated rings. The third kappa shape index (κ3) is 3.58. The van der Waals surface area contributed by atoms with E-state index < -0.39 is 11.9 Å². The number of aromatic nitrogens is 4. The van der Waals surface area contributed by atoms with Crippen LogP contribution in [0.2, 0.25) is 0 Å². The minimum atomic E-state index is -4.52. The summed E-state index contributed by atoms with van der Waals surface area (Å²) in [7, 11) is 0. The van der Waals surface area contributed by atoms with Gasteiger partial charge in [-0.2, -0.15) is 23.3 Å². The summed E-state index contributed by atoms with van der Waals surface area (Å²) in [6.45, 7) is 3.84. The molecule has 5 heterocycles. The molecule has 0 unspecified atom stereocenters. The number of nitrogens with one attached hydrogen (secondary N) is 2. The summed E-state index contributed by atoms with van der Waals surface area (Å²) in [5.41, 5.74) is -0.193. The third-order valence-electron chi connectivity index (χ3n) is 5.58. The lowest BCUT2D eigenvalue weighted by Crippen LogP contribution is -2.48. The van der Waals surface area contributed by atoms with Crippen molar-refractivity contribution in [2.75, 3.05) is 36.0 Å². The third-order valence-corrected chi connectivity index (χ3v) is 6.76. The number of anilines is 2. The van der Waals surface area contributed by atoms with Gasteiger partial charge in [0, 0.05) is 48.7 Å². The van der Waals surface area contributed by atoms with Crippen molar-refractivity contribution in [2.24, 2.45) is 0 Å². The highest BCUT2D eigenvalue weighted by atomic mass is 32.1. The molecule has 8 nitrogen and oxygen atoms in total. The Morgan fingerprint density at radius 2 is 2.03 bits per heavy atom. The predicted octanol–water partition coefficient (Wildman–Crippen LogP) is 2.49. The molecule has 12 heteroatoms. The zero-order valence-corrected chi connectivity index (χ0v) is 17.5. The summed E-state index contributed by atoms with van der Waals surface area (Å²) < 4.78 is 40.2. The van der Waals surface area contributed by atoms with Crippen molar-refractivity contribution in [1.29, 1.82) is 0 Å². The van der Waals surface area contributed by atoms with Crippen molar-refractivity contribution >= 4 is 39.2 Å². The van der Waals surface area contributed by atoms with E-state index in [0.29, 0.717) is 43.5 Å². The number of piperazine rings is 1. The average molecular weight is 451 g/mol. The van der Waals surface area contributed by atoms with Gasteiger partial charge in [-0.3, -0.25) is 9.89 Å². The molecule has 2 aliphatic heterocycles. The SMILES string of the molecule is CCc1cc2c(N3CCc4[nH]nc(C(F)(F)F)c4C3)nc(N3CCNC(=O)C3)nc2s1. The van der Waals surface area contributed by atoms with E-state index in [-0.39, 0.29) is 24.6 Å². The lowest BCUT2D eigenvalue weighted by Gasteiger charge is -2.31. The topological polar surface area (TPSA) is 90.0 Å². The van der Waals surface area contributed by atoms with Crippen molar-refractivity contribution in [2.45, 2.75) is 32.5 Å². The zero-order chi connectivity index (χ0) is 21.8. The number of thiophene rings is 1. The Kier molecular flexibility index (Phi) is 4.76. The molecule has 1 saturated heterocycles. The van der Waals surface area contributed by atoms with Gasteiger partial charge in [0.2, 0.25) is 11.9 Å². The summed E-state index contributed by atoms with van der Waals surface area (Å²) >= 11 is 1.55. The van der Waals surface area contributed by atoms with Crippen LogP contribution in [0.25, 0.3) is 10.2 Å². The number of H-pyrrole nitrogens is 1. The maximum absolute atomic E-state index is 13.4. The summed E-state index contributed by atoms with van der Waals surface area (Å²) in [5, 5.41) is 9.66. The van der Waals surface area contributed by atoms with E-state index in [0.717, 1.165) is 21.5 Å². The van der Waals surface area contributed by atoms with Gasteiger partial charge < -0.3 is 15.1 Å². The van der Waals surface area contributed by atoms with Crippen LogP contribution >= 0.6 is 11.3 Å². The monoisotopic (exact) mass is 451 g/mol. The fraction of sp³-hybridized carbons (Fsp3) is 0.474. The van der Waals surface area contributed by atoms with Crippen LogP contribution < -0.4 is 15.1 Å². The van der Waals surface area contributed by atoms with E-state index in [4.69, 9.17) is 4.98 Å². The average Bonchev–Trinajstić information content (AvgIpc) is 3.36. The van der Waals surface area contributed by atoms with Crippen LogP contribution in [0.4, 0.5) is 24.9 Å². The van der Waals surface area contributed by atoms with Gasteiger partial charge >= 0.3 is 6.18 Å². The highest BCUT2D eigenvalue weighted by molar-refractivity contribution is 7.18. The van der Waals surface area contributed by atoms with Crippen molar-refractivity contribution in [3.8, 4) is 0 Å². The lowest BCUT2D eigenvalue weighted by molar-refractivity contribution is -0.141. The normalized spacial score (nSPS) is 17.2. The summed E-state index contributed by atoms with van der Waals surface area (Å²) in [5.74, 6) is 0.922. The van der Waals surface area contributed by atoms with Gasteiger partial charge in [0.1, 0.15) is 10.6 Å². The van der Waals surface area contributed by atoms with Gasteiger partial charge in [-0.05, 0) is 12.5 Å². The van der Waals surface area contributed by atoms with Crippen LogP contribution in [-0.2, 0) is 30.4 Å². The van der Waals surface area contributed by atoms with Crippen LogP contribution in [0, 0.1) is 0 Å². The molecule has 3 aromatic heterocycles. The molecule has 31 heavy (non-hydrogen) atoms. The fourth-order valence-corrected chi connectivity index (χ4v) is 4.98. The quantitative estimate of drug-likeness (QED) is 0.636.